The van der Waals surface area contributed by atoms with Crippen molar-refractivity contribution in [2.24, 2.45) is 0 Å². The Morgan fingerprint density at radius 1 is 1.32 bits per heavy atom. The van der Waals surface area contributed by atoms with Crippen LogP contribution in [0.3, 0.4) is 0 Å². The van der Waals surface area contributed by atoms with Crippen molar-refractivity contribution in [1.29, 1.82) is 0 Å². The second-order valence-electron chi connectivity index (χ2n) is 5.67. The monoisotopic (exact) mass is 306 g/mol. The van der Waals surface area contributed by atoms with Crippen molar-refractivity contribution in [3.05, 3.63) is 36.2 Å². The van der Waals surface area contributed by atoms with Crippen molar-refractivity contribution in [2.75, 3.05) is 14.2 Å². The van der Waals surface area contributed by atoms with Crippen LogP contribution in [-0.4, -0.2) is 47.7 Å². The molecule has 1 rings (SSSR count). The number of rotatable bonds is 4. The van der Waals surface area contributed by atoms with Crippen molar-refractivity contribution in [2.45, 2.75) is 32.4 Å². The Morgan fingerprint density at radius 3 is 2.50 bits per heavy atom. The van der Waals surface area contributed by atoms with Gasteiger partial charge in [0.25, 0.3) is 0 Å². The summed E-state index contributed by atoms with van der Waals surface area (Å²) in [5.41, 5.74) is 0.0328. The Morgan fingerprint density at radius 2 is 2.00 bits per heavy atom. The van der Waals surface area contributed by atoms with E-state index in [1.165, 1.54) is 19.1 Å². The molecule has 1 unspecified atom stereocenters. The molecule has 0 radical (unpaired) electrons. The molecule has 0 N–H and O–H groups in total. The predicted octanol–water partition coefficient (Wildman–Crippen LogP) is 2.50. The summed E-state index contributed by atoms with van der Waals surface area (Å²) in [6.07, 6.45) is 4.25. The Balaban J connectivity index is 2.91. The number of esters is 1. The summed E-state index contributed by atoms with van der Waals surface area (Å²) in [5, 5.41) is 0. The molecule has 22 heavy (non-hydrogen) atoms. The van der Waals surface area contributed by atoms with E-state index in [-0.39, 0.29) is 0 Å². The normalized spacial score (nSPS) is 12.8. The standard InChI is InChI=1S/C16H22N2O4/c1-16(2,3)22-15(20)18(4)13(14(19)21-5)10-9-12-8-6-7-11-17-12/h6-11,13H,1-5H3. The number of likely N-dealkylation sites (N-methyl/N-ethyl adjacent to an activating group) is 1. The molecule has 1 amide bonds. The summed E-state index contributed by atoms with van der Waals surface area (Å²) >= 11 is 0. The summed E-state index contributed by atoms with van der Waals surface area (Å²) in [7, 11) is 2.76. The van der Waals surface area contributed by atoms with Gasteiger partial charge < -0.3 is 9.47 Å². The quantitative estimate of drug-likeness (QED) is 0.799. The lowest BCUT2D eigenvalue weighted by Crippen LogP contribution is -2.44. The maximum absolute atomic E-state index is 12.1. The fraction of sp³-hybridized carbons (Fsp3) is 0.438. The number of hydrogen-bond acceptors (Lipinski definition) is 5. The van der Waals surface area contributed by atoms with Crippen LogP contribution >= 0.6 is 0 Å². The summed E-state index contributed by atoms with van der Waals surface area (Å²) in [4.78, 5) is 29.3. The van der Waals surface area contributed by atoms with Gasteiger partial charge in [0.05, 0.1) is 12.8 Å². The van der Waals surface area contributed by atoms with Crippen molar-refractivity contribution in [3.8, 4) is 0 Å². The van der Waals surface area contributed by atoms with Gasteiger partial charge in [0.2, 0.25) is 0 Å². The Kier molecular flexibility index (Phi) is 6.10. The number of aromatic nitrogens is 1. The van der Waals surface area contributed by atoms with Crippen LogP contribution < -0.4 is 0 Å². The molecule has 6 heteroatoms. The largest absolute Gasteiger partial charge is 0.467 e. The molecule has 0 saturated heterocycles. The number of amides is 1. The van der Waals surface area contributed by atoms with E-state index in [2.05, 4.69) is 4.98 Å². The topological polar surface area (TPSA) is 68.7 Å². The Labute approximate surface area is 130 Å². The van der Waals surface area contributed by atoms with Crippen LogP contribution in [0.1, 0.15) is 26.5 Å². The smallest absolute Gasteiger partial charge is 0.411 e. The van der Waals surface area contributed by atoms with E-state index >= 15 is 0 Å². The van der Waals surface area contributed by atoms with Gasteiger partial charge in [-0.15, -0.1) is 0 Å². The molecular weight excluding hydrogens is 284 g/mol. The maximum Gasteiger partial charge on any atom is 0.411 e. The first kappa shape index (κ1) is 17.7. The van der Waals surface area contributed by atoms with Crippen molar-refractivity contribution in [3.63, 3.8) is 0 Å². The zero-order valence-electron chi connectivity index (χ0n) is 13.6. The average Bonchev–Trinajstić information content (AvgIpc) is 2.46. The van der Waals surface area contributed by atoms with Crippen molar-refractivity contribution in [1.82, 2.24) is 9.88 Å². The number of carbonyl (C=O) groups excluding carboxylic acids is 2. The number of nitrogens with zero attached hydrogens (tertiary/aromatic N) is 2. The van der Waals surface area contributed by atoms with Gasteiger partial charge in [-0.25, -0.2) is 9.59 Å². The third-order valence-electron chi connectivity index (χ3n) is 2.68. The van der Waals surface area contributed by atoms with E-state index in [9.17, 15) is 9.59 Å². The fourth-order valence-electron chi connectivity index (χ4n) is 1.60. The second-order valence-corrected chi connectivity index (χ2v) is 5.67. The summed E-state index contributed by atoms with van der Waals surface area (Å²) < 4.78 is 10.00. The number of ether oxygens (including phenoxy) is 2. The highest BCUT2D eigenvalue weighted by atomic mass is 16.6. The molecule has 0 aliphatic carbocycles. The van der Waals surface area contributed by atoms with Crippen LogP contribution in [0.25, 0.3) is 6.08 Å². The van der Waals surface area contributed by atoms with Crippen LogP contribution in [0.15, 0.2) is 30.5 Å². The van der Waals surface area contributed by atoms with Crippen molar-refractivity contribution < 1.29 is 19.1 Å². The predicted molar refractivity (Wildman–Crippen MR) is 83.1 cm³/mol. The van der Waals surface area contributed by atoms with E-state index < -0.39 is 23.7 Å². The van der Waals surface area contributed by atoms with Gasteiger partial charge in [0, 0.05) is 13.2 Å². The van der Waals surface area contributed by atoms with Gasteiger partial charge in [0.15, 0.2) is 6.04 Å². The number of carbonyl (C=O) groups is 2. The fourth-order valence-corrected chi connectivity index (χ4v) is 1.60. The van der Waals surface area contributed by atoms with E-state index in [4.69, 9.17) is 9.47 Å². The SMILES string of the molecule is COC(=O)C(C=Cc1ccccn1)N(C)C(=O)OC(C)(C)C. The number of methoxy groups -OCH3 is 1. The van der Waals surface area contributed by atoms with Crippen molar-refractivity contribution >= 4 is 18.1 Å². The summed E-state index contributed by atoms with van der Waals surface area (Å²) in [6, 6.07) is 4.53. The van der Waals surface area contributed by atoms with Crippen LogP contribution in [-0.2, 0) is 14.3 Å². The molecule has 6 nitrogen and oxygen atoms in total. The van der Waals surface area contributed by atoms with E-state index in [1.54, 1.807) is 51.3 Å². The first-order chi connectivity index (χ1) is 10.2. The van der Waals surface area contributed by atoms with Crippen LogP contribution in [0.5, 0.6) is 0 Å². The van der Waals surface area contributed by atoms with E-state index in [0.717, 1.165) is 0 Å². The molecule has 1 heterocycles. The second kappa shape index (κ2) is 7.59. The van der Waals surface area contributed by atoms with E-state index in [1.807, 2.05) is 6.07 Å². The Bertz CT molecular complexity index is 535. The molecule has 1 aromatic rings. The summed E-state index contributed by atoms with van der Waals surface area (Å²) in [6.45, 7) is 5.28. The Hall–Kier alpha value is -2.37. The average molecular weight is 306 g/mol. The number of pyridine rings is 1. The molecule has 0 aromatic carbocycles. The molecule has 0 aliphatic heterocycles. The zero-order chi connectivity index (χ0) is 16.8. The lowest BCUT2D eigenvalue weighted by molar-refractivity contribution is -0.144. The highest BCUT2D eigenvalue weighted by molar-refractivity contribution is 5.84. The van der Waals surface area contributed by atoms with Gasteiger partial charge in [0.1, 0.15) is 5.60 Å². The highest BCUT2D eigenvalue weighted by Crippen LogP contribution is 2.13. The van der Waals surface area contributed by atoms with Gasteiger partial charge >= 0.3 is 12.1 Å². The minimum atomic E-state index is -0.887. The molecule has 0 saturated carbocycles. The zero-order valence-corrected chi connectivity index (χ0v) is 13.6. The van der Waals surface area contributed by atoms with Gasteiger partial charge in [-0.05, 0) is 45.1 Å². The van der Waals surface area contributed by atoms with Gasteiger partial charge in [-0.2, -0.15) is 0 Å². The van der Waals surface area contributed by atoms with Gasteiger partial charge in [-0.1, -0.05) is 6.07 Å². The molecule has 1 atom stereocenters. The minimum absolute atomic E-state index is 0.555. The molecule has 120 valence electrons. The third kappa shape index (κ3) is 5.55. The van der Waals surface area contributed by atoms with Crippen LogP contribution in [0.4, 0.5) is 4.79 Å². The third-order valence-corrected chi connectivity index (χ3v) is 2.68. The maximum atomic E-state index is 12.1. The van der Waals surface area contributed by atoms with Gasteiger partial charge in [-0.3, -0.25) is 9.88 Å². The molecular formula is C16H22N2O4. The lowest BCUT2D eigenvalue weighted by atomic mass is 10.2. The lowest BCUT2D eigenvalue weighted by Gasteiger charge is -2.27. The van der Waals surface area contributed by atoms with E-state index in [0.29, 0.717) is 5.69 Å². The molecule has 0 fully saturated rings. The molecule has 1 aromatic heterocycles. The summed E-state index contributed by atoms with van der Waals surface area (Å²) in [5.74, 6) is -0.555. The van der Waals surface area contributed by atoms with Crippen LogP contribution in [0.2, 0.25) is 0 Å². The first-order valence-electron chi connectivity index (χ1n) is 6.87. The molecule has 0 spiro atoms. The minimum Gasteiger partial charge on any atom is -0.467 e. The van der Waals surface area contributed by atoms with Crippen LogP contribution in [0, 0.1) is 0 Å². The molecule has 0 bridgehead atoms. The number of hydrogen-bond donors (Lipinski definition) is 0. The molecule has 0 aliphatic rings. The first-order valence-corrected chi connectivity index (χ1v) is 6.87. The highest BCUT2D eigenvalue weighted by Gasteiger charge is 2.29.